The first kappa shape index (κ1) is 28.9. The summed E-state index contributed by atoms with van der Waals surface area (Å²) in [4.78, 5) is 25.3. The third-order valence-electron chi connectivity index (χ3n) is 10.1. The minimum atomic E-state index is -2.65. The molecule has 9 nitrogen and oxygen atoms in total. The summed E-state index contributed by atoms with van der Waals surface area (Å²) < 4.78 is 35.3. The fourth-order valence-electron chi connectivity index (χ4n) is 7.84. The van der Waals surface area contributed by atoms with Gasteiger partial charge in [0.25, 0.3) is 6.43 Å². The van der Waals surface area contributed by atoms with E-state index in [0.717, 1.165) is 49.3 Å². The van der Waals surface area contributed by atoms with Crippen molar-refractivity contribution in [2.24, 2.45) is 0 Å². The van der Waals surface area contributed by atoms with E-state index >= 15 is 0 Å². The molecule has 2 N–H and O–H groups in total. The molecule has 0 radical (unpaired) electrons. The van der Waals surface area contributed by atoms with E-state index in [1.807, 2.05) is 24.8 Å². The molecule has 11 heteroatoms. The van der Waals surface area contributed by atoms with Crippen molar-refractivity contribution in [2.45, 2.75) is 76.2 Å². The number of halogens is 2. The Hall–Kier alpha value is -3.18. The highest BCUT2D eigenvalue weighted by Crippen LogP contribution is 2.46. The number of fused-ring (bicyclic) bond motifs is 3. The van der Waals surface area contributed by atoms with Crippen LogP contribution in [0.15, 0.2) is 29.9 Å². The Kier molecular flexibility index (Phi) is 7.67. The number of nitrogens with one attached hydrogen (secondary N) is 2. The third-order valence-corrected chi connectivity index (χ3v) is 10.1. The summed E-state index contributed by atoms with van der Waals surface area (Å²) in [6, 6.07) is 2.63. The van der Waals surface area contributed by atoms with E-state index in [-0.39, 0.29) is 23.7 Å². The molecule has 3 atom stereocenters. The molecule has 42 heavy (non-hydrogen) atoms. The average molecular weight is 582 g/mol. The van der Waals surface area contributed by atoms with Crippen LogP contribution in [0.2, 0.25) is 0 Å². The van der Waals surface area contributed by atoms with Crippen molar-refractivity contribution in [3.05, 3.63) is 41.1 Å². The van der Waals surface area contributed by atoms with Crippen molar-refractivity contribution in [1.82, 2.24) is 14.8 Å². The number of aromatic nitrogens is 1. The van der Waals surface area contributed by atoms with Gasteiger partial charge in [-0.05, 0) is 57.6 Å². The summed E-state index contributed by atoms with van der Waals surface area (Å²) in [5.74, 6) is 0.552. The van der Waals surface area contributed by atoms with Crippen LogP contribution in [0.1, 0.15) is 57.2 Å². The molecule has 4 fully saturated rings. The molecule has 1 spiro atoms. The summed E-state index contributed by atoms with van der Waals surface area (Å²) in [5.41, 5.74) is 2.82. The minimum Gasteiger partial charge on any atom is -0.365 e. The molecule has 6 rings (SSSR count). The molecule has 1 amide bonds. The van der Waals surface area contributed by atoms with E-state index in [4.69, 9.17) is 15.6 Å². The fraction of sp³-hybridized carbons (Fsp3) is 0.613. The van der Waals surface area contributed by atoms with Crippen LogP contribution in [0.3, 0.4) is 0 Å². The first-order chi connectivity index (χ1) is 20.2. The lowest BCUT2D eigenvalue weighted by molar-refractivity contribution is -0.128. The van der Waals surface area contributed by atoms with E-state index in [0.29, 0.717) is 68.6 Å². The number of nitrogens with zero attached hydrogens (tertiary/aromatic N) is 5. The molecule has 1 unspecified atom stereocenters. The van der Waals surface area contributed by atoms with E-state index in [9.17, 15) is 13.6 Å². The predicted octanol–water partition coefficient (Wildman–Crippen LogP) is 3.99. The average Bonchev–Trinajstić information content (AvgIpc) is 3.13. The van der Waals surface area contributed by atoms with Gasteiger partial charge in [-0.25, -0.2) is 13.8 Å². The maximum absolute atomic E-state index is 14.5. The van der Waals surface area contributed by atoms with Gasteiger partial charge in [0.05, 0.1) is 17.4 Å². The number of carbonyl (C=O) groups excluding carboxylic acids is 1. The molecule has 1 aromatic rings. The van der Waals surface area contributed by atoms with Crippen LogP contribution < -0.4 is 9.80 Å². The van der Waals surface area contributed by atoms with E-state index in [2.05, 4.69) is 26.3 Å². The van der Waals surface area contributed by atoms with Crippen molar-refractivity contribution in [1.29, 1.82) is 10.8 Å². The zero-order valence-electron chi connectivity index (χ0n) is 24.5. The number of ether oxygens (including phenoxy) is 1. The van der Waals surface area contributed by atoms with Crippen molar-refractivity contribution in [3.63, 3.8) is 0 Å². The van der Waals surface area contributed by atoms with Gasteiger partial charge in [0, 0.05) is 87.0 Å². The Morgan fingerprint density at radius 2 is 1.90 bits per heavy atom. The number of alkyl halides is 2. The summed E-state index contributed by atoms with van der Waals surface area (Å²) in [7, 11) is 0. The molecule has 0 bridgehead atoms. The van der Waals surface area contributed by atoms with Crippen LogP contribution in [0.4, 0.5) is 20.3 Å². The number of carbonyl (C=O) groups is 1. The van der Waals surface area contributed by atoms with Gasteiger partial charge < -0.3 is 30.3 Å². The Morgan fingerprint density at radius 1 is 1.19 bits per heavy atom. The van der Waals surface area contributed by atoms with Crippen molar-refractivity contribution in [2.75, 3.05) is 55.6 Å². The Morgan fingerprint density at radius 3 is 2.55 bits per heavy atom. The number of hydrogen-bond acceptors (Lipinski definition) is 8. The number of pyridine rings is 1. The van der Waals surface area contributed by atoms with Gasteiger partial charge in [-0.3, -0.25) is 9.69 Å². The first-order valence-corrected chi connectivity index (χ1v) is 15.1. The molecule has 0 aromatic carbocycles. The number of allylic oxidation sites excluding steroid dienone is 1. The summed E-state index contributed by atoms with van der Waals surface area (Å²) >= 11 is 0. The lowest BCUT2D eigenvalue weighted by Gasteiger charge is -2.55. The van der Waals surface area contributed by atoms with Crippen LogP contribution >= 0.6 is 0 Å². The maximum Gasteiger partial charge on any atom is 0.280 e. The third kappa shape index (κ3) is 4.74. The zero-order chi connectivity index (χ0) is 29.8. The van der Waals surface area contributed by atoms with Gasteiger partial charge >= 0.3 is 0 Å². The Bertz CT molecular complexity index is 1310. The van der Waals surface area contributed by atoms with Crippen molar-refractivity contribution >= 4 is 29.3 Å². The topological polar surface area (TPSA) is 99.9 Å². The number of amides is 1. The highest BCUT2D eigenvalue weighted by Gasteiger charge is 2.50. The highest BCUT2D eigenvalue weighted by atomic mass is 19.3. The number of piperidine rings is 1. The Balaban J connectivity index is 1.22. The molecule has 1 aromatic heterocycles. The van der Waals surface area contributed by atoms with Crippen LogP contribution in [0.25, 0.3) is 0 Å². The smallest absolute Gasteiger partial charge is 0.280 e. The normalized spacial score (nSPS) is 28.7. The largest absolute Gasteiger partial charge is 0.365 e. The number of rotatable bonds is 5. The number of piperazine rings is 1. The standard InChI is InChI=1S/C31H41F2N7O2/c1-4-26(41)39-14-12-37(13-15-39)24-18-40-22(24)7-5-6-21-23(40)16-25(36-29(21)30(32)33)38-10-8-31(9-11-38)27(19(2)17-34)28(35)20(3)42-31/h4,16-17,20,22,24,30,34-35H,1,5-15,18H2,2-3H3/b27-19+,34-17?,35-28?/t20-,22?,24+/m0/s1. The van der Waals surface area contributed by atoms with Crippen LogP contribution in [-0.2, 0) is 16.0 Å². The second-order valence-corrected chi connectivity index (χ2v) is 12.3. The van der Waals surface area contributed by atoms with Gasteiger partial charge in [-0.1, -0.05) is 6.58 Å². The second kappa shape index (κ2) is 11.1. The fourth-order valence-corrected chi connectivity index (χ4v) is 7.84. The SMILES string of the molecule is C=CC(=O)N1CCN([C@@H]2CN3c4cc(N5CCC6(CC5)O[C@@H](C)C(=N)/C6=C(/C)C=N)nc(C(F)F)c4CCCC23)CC1. The van der Waals surface area contributed by atoms with E-state index in [1.165, 1.54) is 12.3 Å². The van der Waals surface area contributed by atoms with Crippen LogP contribution in [0, 0.1) is 10.8 Å². The summed E-state index contributed by atoms with van der Waals surface area (Å²) in [6.07, 6.45) is 3.28. The lowest BCUT2D eigenvalue weighted by Crippen LogP contribution is -2.69. The van der Waals surface area contributed by atoms with E-state index in [1.54, 1.807) is 0 Å². The van der Waals surface area contributed by atoms with Gasteiger partial charge in [-0.15, -0.1) is 0 Å². The second-order valence-electron chi connectivity index (χ2n) is 12.3. The molecule has 0 saturated carbocycles. The molecule has 5 aliphatic rings. The number of anilines is 2. The van der Waals surface area contributed by atoms with Crippen molar-refractivity contribution < 1.29 is 18.3 Å². The molecule has 4 saturated heterocycles. The summed E-state index contributed by atoms with van der Waals surface area (Å²) in [5, 5.41) is 16.3. The zero-order valence-corrected chi connectivity index (χ0v) is 24.5. The quantitative estimate of drug-likeness (QED) is 0.403. The molecule has 5 aliphatic heterocycles. The minimum absolute atomic E-state index is 0.0270. The van der Waals surface area contributed by atoms with Gasteiger partial charge in [-0.2, -0.15) is 0 Å². The van der Waals surface area contributed by atoms with Crippen LogP contribution in [0.5, 0.6) is 0 Å². The molecular formula is C31H41F2N7O2. The number of hydrogen-bond donors (Lipinski definition) is 2. The van der Waals surface area contributed by atoms with Crippen LogP contribution in [-0.4, -0.2) is 102 Å². The molecule has 0 aliphatic carbocycles. The van der Waals surface area contributed by atoms with Gasteiger partial charge in [0.2, 0.25) is 5.91 Å². The highest BCUT2D eigenvalue weighted by molar-refractivity contribution is 6.08. The van der Waals surface area contributed by atoms with Gasteiger partial charge in [0.15, 0.2) is 0 Å². The molecular weight excluding hydrogens is 540 g/mol. The lowest BCUT2D eigenvalue weighted by atomic mass is 9.81. The van der Waals surface area contributed by atoms with Gasteiger partial charge in [0.1, 0.15) is 11.5 Å². The predicted molar refractivity (Wildman–Crippen MR) is 159 cm³/mol. The molecule has 6 heterocycles. The maximum atomic E-state index is 14.5. The first-order valence-electron chi connectivity index (χ1n) is 15.1. The Labute approximate surface area is 246 Å². The molecule has 226 valence electrons. The monoisotopic (exact) mass is 581 g/mol. The van der Waals surface area contributed by atoms with E-state index < -0.39 is 12.0 Å². The summed E-state index contributed by atoms with van der Waals surface area (Å²) in [6.45, 7) is 12.3. The van der Waals surface area contributed by atoms with Crippen molar-refractivity contribution in [3.8, 4) is 0 Å².